The molecule has 0 radical (unpaired) electrons. The number of halogens is 1. The summed E-state index contributed by atoms with van der Waals surface area (Å²) in [5.74, 6) is 0. The monoisotopic (exact) mass is 325 g/mol. The highest BCUT2D eigenvalue weighted by molar-refractivity contribution is 7.92. The van der Waals surface area contributed by atoms with Crippen molar-refractivity contribution in [3.05, 3.63) is 58.6 Å². The van der Waals surface area contributed by atoms with E-state index in [0.29, 0.717) is 17.1 Å². The molecule has 0 aliphatic rings. The molecule has 0 atom stereocenters. The number of hydrogen-bond donors (Lipinski definition) is 2. The van der Waals surface area contributed by atoms with E-state index >= 15 is 0 Å². The summed E-state index contributed by atoms with van der Waals surface area (Å²) in [4.78, 5) is 0.170. The Balaban J connectivity index is 2.27. The number of aryl methyl sites for hydroxylation is 1. The maximum Gasteiger partial charge on any atom is 0.261 e. The minimum atomic E-state index is -3.66. The molecule has 0 aromatic heterocycles. The molecule has 2 aromatic carbocycles. The minimum Gasteiger partial charge on any atom is -0.396 e. The van der Waals surface area contributed by atoms with Gasteiger partial charge in [-0.15, -0.1) is 0 Å². The molecule has 0 heterocycles. The predicted molar refractivity (Wildman–Crippen MR) is 84.2 cm³/mol. The van der Waals surface area contributed by atoms with Crippen molar-refractivity contribution >= 4 is 27.3 Å². The van der Waals surface area contributed by atoms with E-state index in [2.05, 4.69) is 4.72 Å². The largest absolute Gasteiger partial charge is 0.396 e. The van der Waals surface area contributed by atoms with Gasteiger partial charge in [0, 0.05) is 11.6 Å². The maximum atomic E-state index is 12.3. The first-order valence-electron chi connectivity index (χ1n) is 6.41. The Labute approximate surface area is 129 Å². The van der Waals surface area contributed by atoms with Gasteiger partial charge in [-0.25, -0.2) is 8.42 Å². The van der Waals surface area contributed by atoms with Gasteiger partial charge < -0.3 is 5.11 Å². The van der Waals surface area contributed by atoms with Gasteiger partial charge in [0.05, 0.1) is 10.6 Å². The normalized spacial score (nSPS) is 11.4. The summed E-state index contributed by atoms with van der Waals surface area (Å²) >= 11 is 5.89. The highest BCUT2D eigenvalue weighted by atomic mass is 35.5. The van der Waals surface area contributed by atoms with Crippen LogP contribution in [0.25, 0.3) is 0 Å². The average Bonchev–Trinajstić information content (AvgIpc) is 2.44. The Morgan fingerprint density at radius 3 is 2.43 bits per heavy atom. The summed E-state index contributed by atoms with van der Waals surface area (Å²) in [6, 6.07) is 11.5. The predicted octanol–water partition coefficient (Wildman–Crippen LogP) is 2.98. The van der Waals surface area contributed by atoms with E-state index in [-0.39, 0.29) is 11.5 Å². The van der Waals surface area contributed by atoms with E-state index in [0.717, 1.165) is 11.1 Å². The van der Waals surface area contributed by atoms with Crippen LogP contribution in [0, 0.1) is 6.92 Å². The highest BCUT2D eigenvalue weighted by Gasteiger charge is 2.15. The third-order valence-electron chi connectivity index (χ3n) is 3.08. The van der Waals surface area contributed by atoms with Crippen LogP contribution in [0.1, 0.15) is 11.1 Å². The zero-order valence-electron chi connectivity index (χ0n) is 11.5. The van der Waals surface area contributed by atoms with Gasteiger partial charge >= 0.3 is 0 Å². The zero-order valence-corrected chi connectivity index (χ0v) is 13.1. The van der Waals surface area contributed by atoms with Crippen molar-refractivity contribution in [3.63, 3.8) is 0 Å². The van der Waals surface area contributed by atoms with Crippen molar-refractivity contribution < 1.29 is 13.5 Å². The summed E-state index contributed by atoms with van der Waals surface area (Å²) in [6.45, 7) is 1.84. The van der Waals surface area contributed by atoms with Crippen molar-refractivity contribution in [1.29, 1.82) is 0 Å². The van der Waals surface area contributed by atoms with Crippen molar-refractivity contribution in [3.8, 4) is 0 Å². The van der Waals surface area contributed by atoms with Crippen molar-refractivity contribution in [2.75, 3.05) is 11.3 Å². The van der Waals surface area contributed by atoms with Gasteiger partial charge in [-0.05, 0) is 48.7 Å². The van der Waals surface area contributed by atoms with E-state index < -0.39 is 10.0 Å². The van der Waals surface area contributed by atoms with Gasteiger partial charge in [-0.3, -0.25) is 4.72 Å². The van der Waals surface area contributed by atoms with Crippen LogP contribution in [0.15, 0.2) is 47.4 Å². The lowest BCUT2D eigenvalue weighted by molar-refractivity contribution is 0.299. The summed E-state index contributed by atoms with van der Waals surface area (Å²) in [7, 11) is -3.66. The second kappa shape index (κ2) is 6.47. The van der Waals surface area contributed by atoms with Gasteiger partial charge in [0.1, 0.15) is 0 Å². The van der Waals surface area contributed by atoms with Crippen LogP contribution < -0.4 is 4.72 Å². The summed E-state index contributed by atoms with van der Waals surface area (Å²) in [6.07, 6.45) is 0.501. The van der Waals surface area contributed by atoms with Gasteiger partial charge in [0.15, 0.2) is 0 Å². The van der Waals surface area contributed by atoms with Crippen LogP contribution >= 0.6 is 11.6 Å². The lowest BCUT2D eigenvalue weighted by Crippen LogP contribution is -2.13. The molecule has 0 aliphatic heterocycles. The maximum absolute atomic E-state index is 12.3. The molecule has 0 amide bonds. The molecule has 2 rings (SSSR count). The van der Waals surface area contributed by atoms with E-state index in [1.54, 1.807) is 37.3 Å². The fraction of sp³-hybridized carbons (Fsp3) is 0.200. The Morgan fingerprint density at radius 1 is 1.14 bits per heavy atom. The molecule has 6 heteroatoms. The van der Waals surface area contributed by atoms with Crippen molar-refractivity contribution in [2.24, 2.45) is 0 Å². The van der Waals surface area contributed by atoms with Crippen LogP contribution in [0.3, 0.4) is 0 Å². The number of hydrogen-bond acceptors (Lipinski definition) is 3. The SMILES string of the molecule is Cc1ccc(Cl)cc1NS(=O)(=O)c1ccc(CCO)cc1. The topological polar surface area (TPSA) is 66.4 Å². The smallest absolute Gasteiger partial charge is 0.261 e. The number of sulfonamides is 1. The van der Waals surface area contributed by atoms with Crippen LogP contribution in [0.5, 0.6) is 0 Å². The van der Waals surface area contributed by atoms with E-state index in [9.17, 15) is 8.42 Å². The van der Waals surface area contributed by atoms with Gasteiger partial charge in [0.25, 0.3) is 10.0 Å². The molecule has 0 saturated heterocycles. The van der Waals surface area contributed by atoms with Crippen LogP contribution in [0.2, 0.25) is 5.02 Å². The Morgan fingerprint density at radius 2 is 1.81 bits per heavy atom. The van der Waals surface area contributed by atoms with Gasteiger partial charge in [-0.2, -0.15) is 0 Å². The molecule has 0 aliphatic carbocycles. The summed E-state index contributed by atoms with van der Waals surface area (Å²) in [5, 5.41) is 9.33. The lowest BCUT2D eigenvalue weighted by atomic mass is 10.2. The number of aliphatic hydroxyl groups is 1. The quantitative estimate of drug-likeness (QED) is 0.888. The van der Waals surface area contributed by atoms with Gasteiger partial charge in [-0.1, -0.05) is 29.8 Å². The second-order valence-electron chi connectivity index (χ2n) is 4.68. The highest BCUT2D eigenvalue weighted by Crippen LogP contribution is 2.23. The molecule has 4 nitrogen and oxygen atoms in total. The van der Waals surface area contributed by atoms with E-state index in [1.165, 1.54) is 12.1 Å². The standard InChI is InChI=1S/C15H16ClNO3S/c1-11-2-5-13(16)10-15(11)17-21(19,20)14-6-3-12(4-7-14)8-9-18/h2-7,10,17-18H,8-9H2,1H3. The second-order valence-corrected chi connectivity index (χ2v) is 6.80. The summed E-state index contributed by atoms with van der Waals surface area (Å²) < 4.78 is 27.2. The first-order valence-corrected chi connectivity index (χ1v) is 8.27. The number of rotatable bonds is 5. The molecule has 21 heavy (non-hydrogen) atoms. The van der Waals surface area contributed by atoms with Crippen molar-refractivity contribution in [1.82, 2.24) is 0 Å². The zero-order chi connectivity index (χ0) is 15.5. The molecular weight excluding hydrogens is 310 g/mol. The lowest BCUT2D eigenvalue weighted by Gasteiger charge is -2.11. The molecular formula is C15H16ClNO3S. The minimum absolute atomic E-state index is 0.0338. The van der Waals surface area contributed by atoms with E-state index in [4.69, 9.17) is 16.7 Å². The number of nitrogens with one attached hydrogen (secondary N) is 1. The Bertz CT molecular complexity index is 727. The molecule has 0 unspecified atom stereocenters. The van der Waals surface area contributed by atoms with Crippen LogP contribution in [-0.2, 0) is 16.4 Å². The molecule has 0 saturated carbocycles. The molecule has 0 fully saturated rings. The van der Waals surface area contributed by atoms with E-state index in [1.807, 2.05) is 0 Å². The number of anilines is 1. The first-order chi connectivity index (χ1) is 9.92. The van der Waals surface area contributed by atoms with Crippen molar-refractivity contribution in [2.45, 2.75) is 18.2 Å². The number of aliphatic hydroxyl groups excluding tert-OH is 1. The Hall–Kier alpha value is -1.56. The average molecular weight is 326 g/mol. The molecule has 0 bridgehead atoms. The third kappa shape index (κ3) is 3.97. The van der Waals surface area contributed by atoms with Crippen LogP contribution in [0.4, 0.5) is 5.69 Å². The first kappa shape index (κ1) is 15.8. The fourth-order valence-electron chi connectivity index (χ4n) is 1.87. The molecule has 0 spiro atoms. The Kier molecular flexibility index (Phi) is 4.88. The third-order valence-corrected chi connectivity index (χ3v) is 4.69. The number of benzene rings is 2. The van der Waals surface area contributed by atoms with Crippen LogP contribution in [-0.4, -0.2) is 20.1 Å². The molecule has 2 N–H and O–H groups in total. The molecule has 2 aromatic rings. The molecule has 112 valence electrons. The fourth-order valence-corrected chi connectivity index (χ4v) is 3.17. The summed E-state index contributed by atoms with van der Waals surface area (Å²) in [5.41, 5.74) is 2.14. The van der Waals surface area contributed by atoms with Gasteiger partial charge in [0.2, 0.25) is 0 Å².